The van der Waals surface area contributed by atoms with Crippen molar-refractivity contribution < 1.29 is 18.0 Å². The van der Waals surface area contributed by atoms with Crippen LogP contribution in [-0.4, -0.2) is 60.0 Å². The Morgan fingerprint density at radius 1 is 1.11 bits per heavy atom. The van der Waals surface area contributed by atoms with E-state index in [0.717, 1.165) is 44.0 Å². The molecule has 2 aromatic rings. The molecule has 1 aliphatic rings. The first-order valence-electron chi connectivity index (χ1n) is 9.25. The highest BCUT2D eigenvalue weighted by atomic mass is 19.4. The second-order valence-electron chi connectivity index (χ2n) is 7.19. The van der Waals surface area contributed by atoms with Crippen LogP contribution in [0.4, 0.5) is 13.2 Å². The predicted octanol–water partition coefficient (Wildman–Crippen LogP) is 2.76. The van der Waals surface area contributed by atoms with Gasteiger partial charge in [-0.1, -0.05) is 6.07 Å². The molecular weight excluding hydrogens is 369 g/mol. The number of aryl methyl sites for hydroxylation is 1. The lowest BCUT2D eigenvalue weighted by molar-refractivity contribution is -0.137. The fourth-order valence-corrected chi connectivity index (χ4v) is 3.50. The molecule has 0 bridgehead atoms. The van der Waals surface area contributed by atoms with Gasteiger partial charge < -0.3 is 14.8 Å². The van der Waals surface area contributed by atoms with Gasteiger partial charge in [0.1, 0.15) is 0 Å². The zero-order chi connectivity index (χ0) is 20.3. The van der Waals surface area contributed by atoms with E-state index in [1.165, 1.54) is 12.1 Å². The van der Waals surface area contributed by atoms with Gasteiger partial charge in [-0.15, -0.1) is 0 Å². The third-order valence-corrected chi connectivity index (χ3v) is 5.21. The number of hydrogen-bond acceptors (Lipinski definition) is 3. The van der Waals surface area contributed by atoms with Gasteiger partial charge in [0.2, 0.25) is 0 Å². The highest BCUT2D eigenvalue weighted by Crippen LogP contribution is 2.29. The Labute approximate surface area is 162 Å². The van der Waals surface area contributed by atoms with Crippen LogP contribution >= 0.6 is 0 Å². The summed E-state index contributed by atoms with van der Waals surface area (Å²) in [6.07, 6.45) is -2.52. The minimum Gasteiger partial charge on any atom is -0.353 e. The van der Waals surface area contributed by atoms with Crippen LogP contribution in [0.1, 0.15) is 27.7 Å². The zero-order valence-corrected chi connectivity index (χ0v) is 16.0. The normalized spacial score (nSPS) is 17.5. The Hall–Kier alpha value is -2.32. The Morgan fingerprint density at radius 2 is 1.82 bits per heavy atom. The lowest BCUT2D eigenvalue weighted by atomic mass is 10.1. The highest BCUT2D eigenvalue weighted by molar-refractivity contribution is 5.94. The van der Waals surface area contributed by atoms with Crippen molar-refractivity contribution in [2.75, 3.05) is 39.8 Å². The summed E-state index contributed by atoms with van der Waals surface area (Å²) in [5.41, 5.74) is 0.255. The lowest BCUT2D eigenvalue weighted by Crippen LogP contribution is -2.48. The molecule has 1 saturated heterocycles. The van der Waals surface area contributed by atoms with Crippen molar-refractivity contribution >= 4 is 5.91 Å². The van der Waals surface area contributed by atoms with Crippen molar-refractivity contribution in [3.05, 3.63) is 59.4 Å². The third kappa shape index (κ3) is 4.74. The molecule has 1 aromatic heterocycles. The predicted molar refractivity (Wildman–Crippen MR) is 101 cm³/mol. The summed E-state index contributed by atoms with van der Waals surface area (Å²) < 4.78 is 40.7. The second kappa shape index (κ2) is 8.36. The smallest absolute Gasteiger partial charge is 0.353 e. The first-order valence-corrected chi connectivity index (χ1v) is 9.25. The van der Waals surface area contributed by atoms with Crippen LogP contribution in [0.3, 0.4) is 0 Å². The number of halogens is 3. The molecule has 8 heteroatoms. The third-order valence-electron chi connectivity index (χ3n) is 5.21. The summed E-state index contributed by atoms with van der Waals surface area (Å²) in [4.78, 5) is 17.1. The van der Waals surface area contributed by atoms with Gasteiger partial charge in [-0.2, -0.15) is 13.2 Å². The number of carbonyl (C=O) groups is 1. The number of piperazine rings is 1. The van der Waals surface area contributed by atoms with Gasteiger partial charge in [0.25, 0.3) is 5.91 Å². The summed E-state index contributed by atoms with van der Waals surface area (Å²) in [6.45, 7) is 3.93. The van der Waals surface area contributed by atoms with Crippen LogP contribution in [0, 0.1) is 0 Å². The van der Waals surface area contributed by atoms with E-state index < -0.39 is 17.6 Å². The highest BCUT2D eigenvalue weighted by Gasteiger charge is 2.31. The van der Waals surface area contributed by atoms with Gasteiger partial charge in [-0.05, 0) is 37.4 Å². The molecule has 0 aliphatic carbocycles. The number of likely N-dealkylation sites (N-methyl/N-ethyl adjacent to an activating group) is 1. The number of nitrogens with one attached hydrogen (secondary N) is 1. The minimum absolute atomic E-state index is 0.0128. The topological polar surface area (TPSA) is 40.5 Å². The van der Waals surface area contributed by atoms with E-state index in [9.17, 15) is 18.0 Å². The van der Waals surface area contributed by atoms with E-state index in [-0.39, 0.29) is 11.6 Å². The van der Waals surface area contributed by atoms with Crippen LogP contribution < -0.4 is 5.32 Å². The van der Waals surface area contributed by atoms with Crippen molar-refractivity contribution in [1.82, 2.24) is 19.7 Å². The van der Waals surface area contributed by atoms with Crippen molar-refractivity contribution in [3.63, 3.8) is 0 Å². The molecule has 0 radical (unpaired) electrons. The van der Waals surface area contributed by atoms with Crippen molar-refractivity contribution in [1.29, 1.82) is 0 Å². The van der Waals surface area contributed by atoms with Gasteiger partial charge in [0, 0.05) is 57.2 Å². The number of amides is 1. The number of rotatable bonds is 5. The monoisotopic (exact) mass is 394 g/mol. The molecule has 0 spiro atoms. The number of carbonyl (C=O) groups excluding carboxylic acids is 1. The fourth-order valence-electron chi connectivity index (χ4n) is 3.50. The maximum Gasteiger partial charge on any atom is 0.416 e. The number of alkyl halides is 3. The van der Waals surface area contributed by atoms with E-state index in [1.807, 2.05) is 29.9 Å². The van der Waals surface area contributed by atoms with Crippen LogP contribution in [0.2, 0.25) is 0 Å². The molecule has 1 atom stereocenters. The molecule has 1 unspecified atom stereocenters. The molecule has 0 saturated carbocycles. The van der Waals surface area contributed by atoms with E-state index in [0.29, 0.717) is 6.54 Å². The molecule has 1 amide bonds. The standard InChI is InChI=1S/C20H25F3N4O/c1-25-9-11-27(12-10-25)18(17-7-4-8-26(17)2)14-24-19(28)15-5-3-6-16(13-15)20(21,22)23/h3-8,13,18H,9-12,14H2,1-2H3,(H,24,28). The van der Waals surface area contributed by atoms with Crippen LogP contribution in [0.5, 0.6) is 0 Å². The van der Waals surface area contributed by atoms with Crippen LogP contribution in [-0.2, 0) is 13.2 Å². The summed E-state index contributed by atoms with van der Waals surface area (Å²) in [5, 5.41) is 2.83. The van der Waals surface area contributed by atoms with Gasteiger partial charge in [0.15, 0.2) is 0 Å². The summed E-state index contributed by atoms with van der Waals surface area (Å²) in [5.74, 6) is -0.501. The molecule has 2 heterocycles. The van der Waals surface area contributed by atoms with E-state index >= 15 is 0 Å². The molecule has 1 aromatic carbocycles. The van der Waals surface area contributed by atoms with Gasteiger partial charge in [-0.25, -0.2) is 0 Å². The molecule has 28 heavy (non-hydrogen) atoms. The number of benzene rings is 1. The van der Waals surface area contributed by atoms with Gasteiger partial charge in [-0.3, -0.25) is 9.69 Å². The first-order chi connectivity index (χ1) is 13.3. The molecule has 152 valence electrons. The number of aromatic nitrogens is 1. The molecule has 3 rings (SSSR count). The molecule has 1 fully saturated rings. The SMILES string of the molecule is CN1CCN(C(CNC(=O)c2cccc(C(F)(F)F)c2)c2cccn2C)CC1. The van der Waals surface area contributed by atoms with E-state index in [2.05, 4.69) is 22.2 Å². The summed E-state index contributed by atoms with van der Waals surface area (Å²) >= 11 is 0. The van der Waals surface area contributed by atoms with Crippen molar-refractivity contribution in [3.8, 4) is 0 Å². The van der Waals surface area contributed by atoms with Gasteiger partial charge >= 0.3 is 6.18 Å². The maximum atomic E-state index is 12.9. The Bertz CT molecular complexity index is 810. The van der Waals surface area contributed by atoms with Gasteiger partial charge in [0.05, 0.1) is 11.6 Å². The minimum atomic E-state index is -4.47. The van der Waals surface area contributed by atoms with Crippen LogP contribution in [0.25, 0.3) is 0 Å². The largest absolute Gasteiger partial charge is 0.416 e. The number of hydrogen-bond donors (Lipinski definition) is 1. The number of nitrogens with zero attached hydrogens (tertiary/aromatic N) is 3. The quantitative estimate of drug-likeness (QED) is 0.848. The van der Waals surface area contributed by atoms with E-state index in [1.54, 1.807) is 0 Å². The van der Waals surface area contributed by atoms with Crippen molar-refractivity contribution in [2.24, 2.45) is 7.05 Å². The van der Waals surface area contributed by atoms with Crippen LogP contribution in [0.15, 0.2) is 42.6 Å². The summed E-state index contributed by atoms with van der Waals surface area (Å²) in [6, 6.07) is 8.44. The molecule has 1 aliphatic heterocycles. The average Bonchev–Trinajstić information content (AvgIpc) is 3.08. The Morgan fingerprint density at radius 3 is 2.43 bits per heavy atom. The first kappa shape index (κ1) is 20.4. The Balaban J connectivity index is 1.73. The van der Waals surface area contributed by atoms with E-state index in [4.69, 9.17) is 0 Å². The fraction of sp³-hybridized carbons (Fsp3) is 0.450. The average molecular weight is 394 g/mol. The molecule has 5 nitrogen and oxygen atoms in total. The molecule has 1 N–H and O–H groups in total. The summed E-state index contributed by atoms with van der Waals surface area (Å²) in [7, 11) is 4.03. The van der Waals surface area contributed by atoms with Crippen molar-refractivity contribution in [2.45, 2.75) is 12.2 Å². The lowest BCUT2D eigenvalue weighted by Gasteiger charge is -2.38. The maximum absolute atomic E-state index is 12.9. The molecular formula is C20H25F3N4O. The second-order valence-corrected chi connectivity index (χ2v) is 7.19. The zero-order valence-electron chi connectivity index (χ0n) is 16.0. The Kier molecular flexibility index (Phi) is 6.10.